The number of rotatable bonds is 7. The summed E-state index contributed by atoms with van der Waals surface area (Å²) in [5.74, 6) is 0.333. The Balaban J connectivity index is 1.89. The number of nitrogens with one attached hydrogen (secondary N) is 1. The minimum atomic E-state index is -0.436. The summed E-state index contributed by atoms with van der Waals surface area (Å²) < 4.78 is 5.95. The molecule has 2 aromatic carbocycles. The van der Waals surface area contributed by atoms with Crippen molar-refractivity contribution >= 4 is 44.0 Å². The fraction of sp³-hybridized carbons (Fsp3) is 0.263. The molecule has 0 radical (unpaired) electrons. The van der Waals surface area contributed by atoms with Crippen LogP contribution in [0, 0.1) is 0 Å². The first kappa shape index (κ1) is 21.2. The first-order valence-corrected chi connectivity index (χ1v) is 9.86. The van der Waals surface area contributed by atoms with Crippen molar-refractivity contribution in [1.29, 1.82) is 0 Å². The molecular formula is C19H20Br2N2O4. The highest BCUT2D eigenvalue weighted by molar-refractivity contribution is 9.11. The number of hydrazone groups is 1. The highest BCUT2D eigenvalue weighted by Gasteiger charge is 2.13. The standard InChI is InChI=1S/C19H20Br2N2O4/c1-3-11(2)12-4-6-14(7-5-12)27-10-16(24)23-22-9-13-8-15(20)19(26)17(21)18(13)25/h4-9,11,25-26H,3,10H2,1-2H3,(H,23,24)/b22-9-. The molecule has 0 spiro atoms. The van der Waals surface area contributed by atoms with Crippen molar-refractivity contribution in [2.45, 2.75) is 26.2 Å². The molecule has 1 atom stereocenters. The maximum Gasteiger partial charge on any atom is 0.277 e. The Bertz CT molecular complexity index is 839. The monoisotopic (exact) mass is 498 g/mol. The van der Waals surface area contributed by atoms with Crippen molar-refractivity contribution in [2.24, 2.45) is 5.10 Å². The third-order valence-corrected chi connectivity index (χ3v) is 5.38. The van der Waals surface area contributed by atoms with E-state index in [0.29, 0.717) is 21.7 Å². The Morgan fingerprint density at radius 1 is 1.26 bits per heavy atom. The Kier molecular flexibility index (Phi) is 7.67. The number of phenols is 2. The van der Waals surface area contributed by atoms with Crippen LogP contribution in [0.15, 0.2) is 44.4 Å². The predicted molar refractivity (Wildman–Crippen MR) is 112 cm³/mol. The zero-order valence-electron chi connectivity index (χ0n) is 14.9. The minimum Gasteiger partial charge on any atom is -0.506 e. The zero-order chi connectivity index (χ0) is 20.0. The number of carbonyl (C=O) groups is 1. The van der Waals surface area contributed by atoms with E-state index in [-0.39, 0.29) is 22.6 Å². The topological polar surface area (TPSA) is 91.2 Å². The van der Waals surface area contributed by atoms with E-state index in [9.17, 15) is 15.0 Å². The number of hydrogen-bond donors (Lipinski definition) is 3. The number of amides is 1. The van der Waals surface area contributed by atoms with Gasteiger partial charge in [0.05, 0.1) is 10.7 Å². The van der Waals surface area contributed by atoms with Gasteiger partial charge in [-0.1, -0.05) is 26.0 Å². The quantitative estimate of drug-likeness (QED) is 0.381. The highest BCUT2D eigenvalue weighted by atomic mass is 79.9. The molecule has 1 unspecified atom stereocenters. The molecule has 0 aliphatic rings. The van der Waals surface area contributed by atoms with E-state index >= 15 is 0 Å². The molecule has 2 rings (SSSR count). The van der Waals surface area contributed by atoms with Crippen molar-refractivity contribution in [3.8, 4) is 17.2 Å². The molecule has 3 N–H and O–H groups in total. The summed E-state index contributed by atoms with van der Waals surface area (Å²) in [5.41, 5.74) is 3.86. The van der Waals surface area contributed by atoms with E-state index in [0.717, 1.165) is 6.42 Å². The van der Waals surface area contributed by atoms with Gasteiger partial charge in [0.25, 0.3) is 5.91 Å². The maximum absolute atomic E-state index is 11.8. The molecule has 0 saturated heterocycles. The fourth-order valence-electron chi connectivity index (χ4n) is 2.20. The summed E-state index contributed by atoms with van der Waals surface area (Å²) in [7, 11) is 0. The molecule has 0 heterocycles. The van der Waals surface area contributed by atoms with Gasteiger partial charge in [-0.25, -0.2) is 5.43 Å². The molecule has 144 valence electrons. The number of phenolic OH excluding ortho intramolecular Hbond substituents is 2. The van der Waals surface area contributed by atoms with Crippen molar-refractivity contribution in [3.63, 3.8) is 0 Å². The molecular weight excluding hydrogens is 480 g/mol. The number of ether oxygens (including phenoxy) is 1. The van der Waals surface area contributed by atoms with Crippen LogP contribution in [0.25, 0.3) is 0 Å². The van der Waals surface area contributed by atoms with E-state index in [4.69, 9.17) is 4.74 Å². The van der Waals surface area contributed by atoms with Gasteiger partial charge in [-0.3, -0.25) is 4.79 Å². The number of aromatic hydroxyl groups is 2. The van der Waals surface area contributed by atoms with Crippen molar-refractivity contribution in [2.75, 3.05) is 6.61 Å². The fourth-order valence-corrected chi connectivity index (χ4v) is 3.35. The van der Waals surface area contributed by atoms with E-state index in [1.165, 1.54) is 17.8 Å². The lowest BCUT2D eigenvalue weighted by atomic mass is 9.99. The van der Waals surface area contributed by atoms with Gasteiger partial charge in [-0.15, -0.1) is 0 Å². The van der Waals surface area contributed by atoms with Crippen LogP contribution in [0.1, 0.15) is 37.3 Å². The SMILES string of the molecule is CCC(C)c1ccc(OCC(=O)N/N=C\c2cc(Br)c(O)c(Br)c2O)cc1. The summed E-state index contributed by atoms with van der Waals surface area (Å²) in [6, 6.07) is 9.12. The van der Waals surface area contributed by atoms with Gasteiger partial charge in [0.15, 0.2) is 6.61 Å². The first-order valence-electron chi connectivity index (χ1n) is 8.28. The Hall–Kier alpha value is -2.06. The summed E-state index contributed by atoms with van der Waals surface area (Å²) in [6.07, 6.45) is 2.33. The molecule has 1 amide bonds. The molecule has 27 heavy (non-hydrogen) atoms. The number of nitrogens with zero attached hydrogens (tertiary/aromatic N) is 1. The second-order valence-corrected chi connectivity index (χ2v) is 7.57. The molecule has 6 nitrogen and oxygen atoms in total. The van der Waals surface area contributed by atoms with E-state index in [2.05, 4.69) is 56.2 Å². The lowest BCUT2D eigenvalue weighted by Gasteiger charge is -2.10. The average Bonchev–Trinajstić information content (AvgIpc) is 2.68. The lowest BCUT2D eigenvalue weighted by Crippen LogP contribution is -2.24. The number of halogens is 2. The number of benzene rings is 2. The van der Waals surface area contributed by atoms with E-state index in [1.54, 1.807) is 0 Å². The zero-order valence-corrected chi connectivity index (χ0v) is 18.0. The Labute approximate surface area is 174 Å². The summed E-state index contributed by atoms with van der Waals surface area (Å²) >= 11 is 6.23. The third kappa shape index (κ3) is 5.71. The van der Waals surface area contributed by atoms with Crippen LogP contribution in [0.4, 0.5) is 0 Å². The van der Waals surface area contributed by atoms with Crippen molar-refractivity contribution in [1.82, 2.24) is 5.43 Å². The lowest BCUT2D eigenvalue weighted by molar-refractivity contribution is -0.123. The van der Waals surface area contributed by atoms with Crippen LogP contribution >= 0.6 is 31.9 Å². The Morgan fingerprint density at radius 3 is 2.56 bits per heavy atom. The molecule has 0 fully saturated rings. The van der Waals surface area contributed by atoms with Gasteiger partial charge in [0, 0.05) is 5.56 Å². The second kappa shape index (κ2) is 9.75. The summed E-state index contributed by atoms with van der Waals surface area (Å²) in [5, 5.41) is 23.4. The van der Waals surface area contributed by atoms with Gasteiger partial charge in [-0.05, 0) is 68.0 Å². The number of hydrogen-bond acceptors (Lipinski definition) is 5. The van der Waals surface area contributed by atoms with Crippen molar-refractivity contribution < 1.29 is 19.7 Å². The molecule has 8 heteroatoms. The van der Waals surface area contributed by atoms with Gasteiger partial charge in [0.2, 0.25) is 0 Å². The molecule has 0 saturated carbocycles. The van der Waals surface area contributed by atoms with Crippen LogP contribution in [-0.2, 0) is 4.79 Å². The predicted octanol–water partition coefficient (Wildman–Crippen LogP) is 4.67. The highest BCUT2D eigenvalue weighted by Crippen LogP contribution is 2.40. The van der Waals surface area contributed by atoms with Gasteiger partial charge in [0.1, 0.15) is 21.7 Å². The Morgan fingerprint density at radius 2 is 1.93 bits per heavy atom. The molecule has 2 aromatic rings. The largest absolute Gasteiger partial charge is 0.506 e. The molecule has 0 aliphatic heterocycles. The van der Waals surface area contributed by atoms with Crippen LogP contribution in [0.3, 0.4) is 0 Å². The average molecular weight is 500 g/mol. The summed E-state index contributed by atoms with van der Waals surface area (Å²) in [4.78, 5) is 11.8. The smallest absolute Gasteiger partial charge is 0.277 e. The van der Waals surface area contributed by atoms with E-state index < -0.39 is 5.91 Å². The second-order valence-electron chi connectivity index (χ2n) is 5.92. The summed E-state index contributed by atoms with van der Waals surface area (Å²) in [6.45, 7) is 4.11. The molecule has 0 aromatic heterocycles. The van der Waals surface area contributed by atoms with Gasteiger partial charge < -0.3 is 14.9 Å². The van der Waals surface area contributed by atoms with Crippen molar-refractivity contribution in [3.05, 3.63) is 50.4 Å². The number of carbonyl (C=O) groups excluding carboxylic acids is 1. The van der Waals surface area contributed by atoms with Gasteiger partial charge >= 0.3 is 0 Å². The van der Waals surface area contributed by atoms with Crippen LogP contribution in [0.5, 0.6) is 17.2 Å². The molecule has 0 bridgehead atoms. The first-order chi connectivity index (χ1) is 12.8. The maximum atomic E-state index is 11.8. The van der Waals surface area contributed by atoms with Crippen LogP contribution < -0.4 is 10.2 Å². The third-order valence-electron chi connectivity index (χ3n) is 4.02. The minimum absolute atomic E-state index is 0.124. The van der Waals surface area contributed by atoms with Crippen LogP contribution in [0.2, 0.25) is 0 Å². The van der Waals surface area contributed by atoms with Gasteiger partial charge in [-0.2, -0.15) is 5.10 Å². The normalized spacial score (nSPS) is 12.1. The van der Waals surface area contributed by atoms with E-state index in [1.807, 2.05) is 24.3 Å². The molecule has 0 aliphatic carbocycles. The van der Waals surface area contributed by atoms with Crippen LogP contribution in [-0.4, -0.2) is 28.9 Å².